The first kappa shape index (κ1) is 35.7. The zero-order valence-electron chi connectivity index (χ0n) is 29.2. The lowest BCUT2D eigenvalue weighted by Gasteiger charge is -2.35. The molecule has 224 valence electrons. The van der Waals surface area contributed by atoms with Gasteiger partial charge in [-0.2, -0.15) is 0 Å². The predicted molar refractivity (Wildman–Crippen MR) is 193 cm³/mol. The largest absolute Gasteiger partial charge is 0.0661 e. The van der Waals surface area contributed by atoms with Crippen LogP contribution in [0.25, 0.3) is 0 Å². The average Bonchev–Trinajstić information content (AvgIpc) is 2.72. The van der Waals surface area contributed by atoms with Crippen LogP contribution in [0.5, 0.6) is 0 Å². The van der Waals surface area contributed by atoms with Gasteiger partial charge in [-0.3, -0.25) is 0 Å². The summed E-state index contributed by atoms with van der Waals surface area (Å²) < 4.78 is 0. The normalized spacial score (nSPS) is 15.2. The van der Waals surface area contributed by atoms with E-state index in [4.69, 9.17) is 0 Å². The fourth-order valence-corrected chi connectivity index (χ4v) is 10.6. The number of halogens is 1. The highest BCUT2D eigenvalue weighted by molar-refractivity contribution is 9.41. The molecule has 0 heterocycles. The third-order valence-corrected chi connectivity index (χ3v) is 13.3. The van der Waals surface area contributed by atoms with Crippen molar-refractivity contribution in [1.29, 1.82) is 0 Å². The van der Waals surface area contributed by atoms with Crippen molar-refractivity contribution in [2.24, 2.45) is 0 Å². The van der Waals surface area contributed by atoms with Gasteiger partial charge in [-0.1, -0.05) is 173 Å². The Kier molecular flexibility index (Phi) is 10.3. The molecular formula is C37H59BrP2. The van der Waals surface area contributed by atoms with E-state index in [0.29, 0.717) is 0 Å². The standard InChI is InChI=1S/C37H59BrP2/c1-32(2,3)24-19-26(34(7,8)9)30(27(20-24)35(10,11)12)39-23-40(38)31-28(36(13,14)15)21-25(33(4,5)6)22-29(31)37(16,17)18/h19-23H,1-18H3. The summed E-state index contributed by atoms with van der Waals surface area (Å²) in [5, 5.41) is 3.00. The van der Waals surface area contributed by atoms with E-state index in [1.807, 2.05) is 0 Å². The van der Waals surface area contributed by atoms with Crippen LogP contribution in [0.4, 0.5) is 0 Å². The van der Waals surface area contributed by atoms with E-state index in [2.05, 4.69) is 170 Å². The average molecular weight is 646 g/mol. The van der Waals surface area contributed by atoms with Gasteiger partial charge in [-0.05, 0) is 76.7 Å². The number of benzene rings is 2. The first-order chi connectivity index (χ1) is 17.6. The highest BCUT2D eigenvalue weighted by atomic mass is 79.9. The van der Waals surface area contributed by atoms with E-state index in [0.717, 1.165) is 0 Å². The fourth-order valence-electron chi connectivity index (χ4n) is 4.96. The maximum absolute atomic E-state index is 4.30. The highest BCUT2D eigenvalue weighted by Gasteiger charge is 2.32. The van der Waals surface area contributed by atoms with E-state index in [1.54, 1.807) is 0 Å². The van der Waals surface area contributed by atoms with Gasteiger partial charge in [0.1, 0.15) is 0 Å². The summed E-state index contributed by atoms with van der Waals surface area (Å²) in [6.45, 7) is 41.8. The molecule has 0 aliphatic heterocycles. The molecule has 0 radical (unpaired) electrons. The zero-order valence-corrected chi connectivity index (χ0v) is 32.5. The molecular weight excluding hydrogens is 586 g/mol. The summed E-state index contributed by atoms with van der Waals surface area (Å²) in [5.41, 5.74) is 11.8. The van der Waals surface area contributed by atoms with Gasteiger partial charge in [0.2, 0.25) is 0 Å². The second kappa shape index (κ2) is 11.5. The van der Waals surface area contributed by atoms with Crippen LogP contribution in [0.2, 0.25) is 0 Å². The third-order valence-electron chi connectivity index (χ3n) is 7.69. The molecule has 2 aromatic carbocycles. The summed E-state index contributed by atoms with van der Waals surface area (Å²) in [5.74, 6) is 0. The van der Waals surface area contributed by atoms with Crippen LogP contribution in [-0.2, 0) is 32.5 Å². The van der Waals surface area contributed by atoms with Gasteiger partial charge in [0.15, 0.2) is 0 Å². The molecule has 0 spiro atoms. The molecule has 0 aliphatic carbocycles. The van der Waals surface area contributed by atoms with Crippen molar-refractivity contribution in [2.45, 2.75) is 157 Å². The molecule has 0 N–H and O–H groups in total. The Labute approximate surface area is 260 Å². The first-order valence-corrected chi connectivity index (χ1v) is 19.3. The maximum atomic E-state index is 4.30. The number of rotatable bonds is 3. The van der Waals surface area contributed by atoms with Gasteiger partial charge >= 0.3 is 0 Å². The van der Waals surface area contributed by atoms with Crippen LogP contribution >= 0.6 is 30.3 Å². The van der Waals surface area contributed by atoms with E-state index in [1.165, 1.54) is 52.2 Å². The Hall–Kier alpha value is -0.480. The topological polar surface area (TPSA) is 0 Å². The van der Waals surface area contributed by atoms with Gasteiger partial charge in [0.25, 0.3) is 0 Å². The Morgan fingerprint density at radius 3 is 1.00 bits per heavy atom. The molecule has 0 nitrogen and oxygen atoms in total. The van der Waals surface area contributed by atoms with Crippen molar-refractivity contribution >= 4 is 46.5 Å². The lowest BCUT2D eigenvalue weighted by molar-refractivity contribution is 0.553. The molecule has 2 aromatic rings. The molecule has 1 atom stereocenters. The number of hydrogen-bond acceptors (Lipinski definition) is 0. The molecule has 0 aromatic heterocycles. The summed E-state index contributed by atoms with van der Waals surface area (Å²) in [6, 6.07) is 10.0. The van der Waals surface area contributed by atoms with Crippen molar-refractivity contribution in [2.75, 3.05) is 0 Å². The summed E-state index contributed by atoms with van der Waals surface area (Å²) >= 11 is 4.30. The van der Waals surface area contributed by atoms with Gasteiger partial charge < -0.3 is 0 Å². The molecule has 0 fully saturated rings. The maximum Gasteiger partial charge on any atom is 0.0244 e. The first-order valence-electron chi connectivity index (χ1n) is 14.9. The molecule has 0 aliphatic rings. The van der Waals surface area contributed by atoms with Crippen molar-refractivity contribution in [3.05, 3.63) is 57.6 Å². The molecule has 0 bridgehead atoms. The van der Waals surface area contributed by atoms with Crippen LogP contribution in [0.1, 0.15) is 158 Å². The van der Waals surface area contributed by atoms with Gasteiger partial charge in [-0.25, -0.2) is 0 Å². The van der Waals surface area contributed by atoms with Crippen molar-refractivity contribution in [3.63, 3.8) is 0 Å². The minimum Gasteiger partial charge on any atom is -0.0661 e. The molecule has 0 saturated heterocycles. The van der Waals surface area contributed by atoms with Crippen LogP contribution in [0, 0.1) is 0 Å². The van der Waals surface area contributed by atoms with Crippen molar-refractivity contribution in [3.8, 4) is 0 Å². The quantitative estimate of drug-likeness (QED) is 0.292. The van der Waals surface area contributed by atoms with E-state index >= 15 is 0 Å². The number of hydrogen-bond donors (Lipinski definition) is 0. The van der Waals surface area contributed by atoms with Crippen LogP contribution in [0.15, 0.2) is 24.3 Å². The lowest BCUT2D eigenvalue weighted by Crippen LogP contribution is -2.31. The zero-order chi connectivity index (χ0) is 31.4. The monoisotopic (exact) mass is 644 g/mol. The predicted octanol–water partition coefficient (Wildman–Crippen LogP) is 11.9. The molecule has 2 rings (SSSR count). The van der Waals surface area contributed by atoms with E-state index in [-0.39, 0.29) is 32.5 Å². The Balaban J connectivity index is 2.95. The van der Waals surface area contributed by atoms with Crippen LogP contribution < -0.4 is 10.6 Å². The van der Waals surface area contributed by atoms with Crippen LogP contribution in [0.3, 0.4) is 0 Å². The molecule has 0 saturated carbocycles. The van der Waals surface area contributed by atoms with Crippen molar-refractivity contribution < 1.29 is 0 Å². The second-order valence-electron chi connectivity index (χ2n) is 17.9. The van der Waals surface area contributed by atoms with Crippen molar-refractivity contribution in [1.82, 2.24) is 0 Å². The molecule has 1 unspecified atom stereocenters. The SMILES string of the molecule is CC(C)(C)c1cc(C(C)(C)C)c(P=CP(Br)c2c(C(C)(C)C)cc(C(C)(C)C)cc2C(C)(C)C)c(C(C)(C)C)c1. The Morgan fingerprint density at radius 2 is 0.750 bits per heavy atom. The molecule has 40 heavy (non-hydrogen) atoms. The molecule has 0 amide bonds. The molecule has 3 heteroatoms. The second-order valence-corrected chi connectivity index (χ2v) is 22.9. The Bertz CT molecular complexity index is 1170. The van der Waals surface area contributed by atoms with Crippen LogP contribution in [-0.4, -0.2) is 5.54 Å². The van der Waals surface area contributed by atoms with Gasteiger partial charge in [0, 0.05) is 11.9 Å². The Morgan fingerprint density at radius 1 is 0.475 bits per heavy atom. The van der Waals surface area contributed by atoms with E-state index in [9.17, 15) is 0 Å². The smallest absolute Gasteiger partial charge is 0.0244 e. The highest BCUT2D eigenvalue weighted by Crippen LogP contribution is 2.49. The van der Waals surface area contributed by atoms with E-state index < -0.39 is 6.62 Å². The minimum atomic E-state index is -0.669. The minimum absolute atomic E-state index is 0.0528. The lowest BCUT2D eigenvalue weighted by atomic mass is 9.75. The summed E-state index contributed by atoms with van der Waals surface area (Å²) in [4.78, 5) is 0. The third kappa shape index (κ3) is 8.55. The fraction of sp³-hybridized carbons (Fsp3) is 0.649. The van der Waals surface area contributed by atoms with Gasteiger partial charge in [-0.15, -0.1) is 0 Å². The summed E-state index contributed by atoms with van der Waals surface area (Å²) in [7, 11) is 1.30. The summed E-state index contributed by atoms with van der Waals surface area (Å²) in [6.07, 6.45) is 0. The van der Waals surface area contributed by atoms with Gasteiger partial charge in [0.05, 0.1) is 0 Å².